The van der Waals surface area contributed by atoms with Gasteiger partial charge in [-0.05, 0) is 35.8 Å². The minimum absolute atomic E-state index is 0.112. The lowest BCUT2D eigenvalue weighted by atomic mass is 10.1. The van der Waals surface area contributed by atoms with Gasteiger partial charge in [-0.15, -0.1) is 0 Å². The molecule has 0 spiro atoms. The summed E-state index contributed by atoms with van der Waals surface area (Å²) in [7, 11) is 1.82. The van der Waals surface area contributed by atoms with Crippen molar-refractivity contribution in [3.8, 4) is 0 Å². The number of nitrogens with one attached hydrogen (secondary N) is 1. The Morgan fingerprint density at radius 2 is 2.00 bits per heavy atom. The van der Waals surface area contributed by atoms with Crippen molar-refractivity contribution < 1.29 is 8.78 Å². The van der Waals surface area contributed by atoms with Crippen molar-refractivity contribution >= 4 is 21.6 Å². The smallest absolute Gasteiger partial charge is 0.147 e. The number of benzene rings is 1. The first-order chi connectivity index (χ1) is 8.88. The van der Waals surface area contributed by atoms with Crippen LogP contribution in [0.4, 0.5) is 14.5 Å². The molecule has 3 nitrogen and oxygen atoms in total. The summed E-state index contributed by atoms with van der Waals surface area (Å²) < 4.78 is 29.0. The van der Waals surface area contributed by atoms with Crippen molar-refractivity contribution in [2.75, 3.05) is 5.32 Å². The van der Waals surface area contributed by atoms with Gasteiger partial charge in [0.15, 0.2) is 0 Å². The molecule has 102 valence electrons. The summed E-state index contributed by atoms with van der Waals surface area (Å²) in [6, 6.07) is 2.09. The Balaban J connectivity index is 2.26. The van der Waals surface area contributed by atoms with Crippen molar-refractivity contribution in [1.82, 2.24) is 9.78 Å². The molecular weight excluding hydrogens is 316 g/mol. The van der Waals surface area contributed by atoms with Crippen LogP contribution in [-0.4, -0.2) is 9.78 Å². The molecule has 1 unspecified atom stereocenters. The molecule has 0 aliphatic carbocycles. The first-order valence-corrected chi connectivity index (χ1v) is 6.59. The van der Waals surface area contributed by atoms with E-state index in [0.717, 1.165) is 23.4 Å². The molecule has 1 aromatic carbocycles. The van der Waals surface area contributed by atoms with Crippen LogP contribution in [-0.2, 0) is 7.05 Å². The molecular formula is C13H14BrF2N3. The second-order valence-corrected chi connectivity index (χ2v) is 5.31. The first-order valence-electron chi connectivity index (χ1n) is 5.79. The van der Waals surface area contributed by atoms with Gasteiger partial charge in [0, 0.05) is 24.9 Å². The number of hydrogen-bond acceptors (Lipinski definition) is 2. The maximum atomic E-state index is 13.7. The van der Waals surface area contributed by atoms with Crippen molar-refractivity contribution in [2.24, 2.45) is 7.05 Å². The Bertz CT molecular complexity index is 610. The van der Waals surface area contributed by atoms with Crippen molar-refractivity contribution in [3.63, 3.8) is 0 Å². The van der Waals surface area contributed by atoms with Crippen LogP contribution in [0.15, 0.2) is 22.8 Å². The molecule has 0 saturated heterocycles. The Morgan fingerprint density at radius 3 is 2.58 bits per heavy atom. The summed E-state index contributed by atoms with van der Waals surface area (Å²) in [6.45, 7) is 3.76. The summed E-state index contributed by atoms with van der Waals surface area (Å²) in [5.74, 6) is -0.999. The molecule has 0 aliphatic heterocycles. The van der Waals surface area contributed by atoms with E-state index >= 15 is 0 Å². The van der Waals surface area contributed by atoms with Gasteiger partial charge in [0.05, 0.1) is 21.9 Å². The lowest BCUT2D eigenvalue weighted by molar-refractivity contribution is 0.595. The van der Waals surface area contributed by atoms with Gasteiger partial charge in [-0.2, -0.15) is 5.10 Å². The number of rotatable bonds is 3. The van der Waals surface area contributed by atoms with E-state index in [2.05, 4.69) is 26.3 Å². The Labute approximate surface area is 118 Å². The topological polar surface area (TPSA) is 29.9 Å². The normalized spacial score (nSPS) is 12.5. The molecule has 0 bridgehead atoms. The van der Waals surface area contributed by atoms with Gasteiger partial charge in [-0.1, -0.05) is 0 Å². The van der Waals surface area contributed by atoms with Gasteiger partial charge < -0.3 is 5.32 Å². The summed E-state index contributed by atoms with van der Waals surface area (Å²) in [4.78, 5) is 0. The number of aromatic nitrogens is 2. The summed E-state index contributed by atoms with van der Waals surface area (Å²) in [5, 5.41) is 7.19. The van der Waals surface area contributed by atoms with Crippen molar-refractivity contribution in [3.05, 3.63) is 45.7 Å². The Hall–Kier alpha value is -1.43. The largest absolute Gasteiger partial charge is 0.376 e. The minimum atomic E-state index is -0.501. The van der Waals surface area contributed by atoms with Crippen LogP contribution >= 0.6 is 15.9 Å². The zero-order valence-electron chi connectivity index (χ0n) is 10.8. The van der Waals surface area contributed by atoms with Gasteiger partial charge in [-0.3, -0.25) is 4.68 Å². The zero-order valence-corrected chi connectivity index (χ0v) is 12.4. The predicted molar refractivity (Wildman–Crippen MR) is 74.0 cm³/mol. The van der Waals surface area contributed by atoms with E-state index in [1.165, 1.54) is 0 Å². The number of aryl methyl sites for hydroxylation is 2. The second-order valence-electron chi connectivity index (χ2n) is 4.46. The predicted octanol–water partition coefficient (Wildman–Crippen LogP) is 3.94. The zero-order chi connectivity index (χ0) is 14.2. The molecule has 1 N–H and O–H groups in total. The Morgan fingerprint density at radius 1 is 1.32 bits per heavy atom. The molecule has 0 amide bonds. The number of hydrogen-bond donors (Lipinski definition) is 1. The SMILES string of the molecule is Cc1nn(C)cc1C(C)Nc1cc(F)c(Br)cc1F. The lowest BCUT2D eigenvalue weighted by Crippen LogP contribution is -2.09. The van der Waals surface area contributed by atoms with Crippen LogP contribution in [0.1, 0.15) is 24.2 Å². The highest BCUT2D eigenvalue weighted by molar-refractivity contribution is 9.10. The molecule has 1 atom stereocenters. The molecule has 2 aromatic rings. The molecule has 1 heterocycles. The monoisotopic (exact) mass is 329 g/mol. The van der Waals surface area contributed by atoms with E-state index in [-0.39, 0.29) is 16.2 Å². The Kier molecular flexibility index (Phi) is 3.89. The molecule has 0 fully saturated rings. The van der Waals surface area contributed by atoms with Gasteiger partial charge >= 0.3 is 0 Å². The molecule has 0 saturated carbocycles. The molecule has 0 radical (unpaired) electrons. The molecule has 2 rings (SSSR count). The summed E-state index contributed by atoms with van der Waals surface area (Å²) in [6.07, 6.45) is 1.86. The van der Waals surface area contributed by atoms with Gasteiger partial charge in [0.2, 0.25) is 0 Å². The maximum Gasteiger partial charge on any atom is 0.147 e. The summed E-state index contributed by atoms with van der Waals surface area (Å²) in [5.41, 5.74) is 1.95. The van der Waals surface area contributed by atoms with E-state index in [9.17, 15) is 8.78 Å². The van der Waals surface area contributed by atoms with E-state index in [0.29, 0.717) is 0 Å². The average Bonchev–Trinajstić information content (AvgIpc) is 2.65. The highest BCUT2D eigenvalue weighted by Gasteiger charge is 2.15. The average molecular weight is 330 g/mol. The molecule has 6 heteroatoms. The van der Waals surface area contributed by atoms with Crippen molar-refractivity contribution in [2.45, 2.75) is 19.9 Å². The molecule has 0 aliphatic rings. The van der Waals surface area contributed by atoms with Crippen LogP contribution in [0, 0.1) is 18.6 Å². The van der Waals surface area contributed by atoms with Crippen LogP contribution in [0.5, 0.6) is 0 Å². The maximum absolute atomic E-state index is 13.7. The third-order valence-corrected chi connectivity index (χ3v) is 3.51. The van der Waals surface area contributed by atoms with Crippen LogP contribution < -0.4 is 5.32 Å². The minimum Gasteiger partial charge on any atom is -0.376 e. The lowest BCUT2D eigenvalue weighted by Gasteiger charge is -2.15. The fourth-order valence-electron chi connectivity index (χ4n) is 1.99. The first kappa shape index (κ1) is 14.0. The second kappa shape index (κ2) is 5.28. The quantitative estimate of drug-likeness (QED) is 0.864. The van der Waals surface area contributed by atoms with Gasteiger partial charge in [-0.25, -0.2) is 8.78 Å². The van der Waals surface area contributed by atoms with E-state index < -0.39 is 11.6 Å². The highest BCUT2D eigenvalue weighted by atomic mass is 79.9. The number of nitrogens with zero attached hydrogens (tertiary/aromatic N) is 2. The van der Waals surface area contributed by atoms with Crippen LogP contribution in [0.3, 0.4) is 0 Å². The van der Waals surface area contributed by atoms with E-state index in [1.54, 1.807) is 4.68 Å². The van der Waals surface area contributed by atoms with E-state index in [4.69, 9.17) is 0 Å². The third kappa shape index (κ3) is 2.94. The standard InChI is InChI=1S/C13H14BrF2N3/c1-7(9-6-19(3)18-8(9)2)17-13-5-11(15)10(14)4-12(13)16/h4-7,17H,1-3H3. The third-order valence-electron chi connectivity index (χ3n) is 2.90. The number of halogens is 3. The van der Waals surface area contributed by atoms with Gasteiger partial charge in [0.25, 0.3) is 0 Å². The van der Waals surface area contributed by atoms with E-state index in [1.807, 2.05) is 27.1 Å². The van der Waals surface area contributed by atoms with Gasteiger partial charge in [0.1, 0.15) is 11.6 Å². The number of anilines is 1. The fourth-order valence-corrected chi connectivity index (χ4v) is 2.30. The summed E-state index contributed by atoms with van der Waals surface area (Å²) >= 11 is 2.95. The molecule has 19 heavy (non-hydrogen) atoms. The van der Waals surface area contributed by atoms with Crippen LogP contribution in [0.25, 0.3) is 0 Å². The highest BCUT2D eigenvalue weighted by Crippen LogP contribution is 2.27. The van der Waals surface area contributed by atoms with Crippen molar-refractivity contribution in [1.29, 1.82) is 0 Å². The molecule has 1 aromatic heterocycles. The van der Waals surface area contributed by atoms with Crippen LogP contribution in [0.2, 0.25) is 0 Å². The fraction of sp³-hybridized carbons (Fsp3) is 0.308.